The predicted octanol–water partition coefficient (Wildman–Crippen LogP) is 1.63. The largest absolute Gasteiger partial charge is 0.356 e. The average Bonchev–Trinajstić information content (AvgIpc) is 3.10. The van der Waals surface area contributed by atoms with Crippen LogP contribution in [0.1, 0.15) is 25.1 Å². The van der Waals surface area contributed by atoms with Crippen LogP contribution in [0.15, 0.2) is 36.8 Å². The van der Waals surface area contributed by atoms with Crippen molar-refractivity contribution < 1.29 is 4.79 Å². The Morgan fingerprint density at radius 1 is 1.17 bits per heavy atom. The first-order valence-electron chi connectivity index (χ1n) is 8.76. The van der Waals surface area contributed by atoms with Gasteiger partial charge in [-0.05, 0) is 31.4 Å². The summed E-state index contributed by atoms with van der Waals surface area (Å²) in [5, 5.41) is 3.26. The summed E-state index contributed by atoms with van der Waals surface area (Å²) in [4.78, 5) is 23.7. The van der Waals surface area contributed by atoms with Crippen molar-refractivity contribution in [3.8, 4) is 0 Å². The number of imidazole rings is 1. The first-order chi connectivity index (χ1) is 11.8. The zero-order chi connectivity index (χ0) is 16.4. The normalized spacial score (nSPS) is 23.6. The first-order valence-corrected chi connectivity index (χ1v) is 8.76. The molecule has 0 radical (unpaired) electrons. The van der Waals surface area contributed by atoms with E-state index in [9.17, 15) is 4.79 Å². The van der Waals surface area contributed by atoms with Gasteiger partial charge in [-0.25, -0.2) is 9.97 Å². The van der Waals surface area contributed by atoms with E-state index >= 15 is 0 Å². The Bertz CT molecular complexity index is 698. The number of piperidine rings is 1. The molecular weight excluding hydrogens is 302 g/mol. The first kappa shape index (κ1) is 15.2. The predicted molar refractivity (Wildman–Crippen MR) is 91.7 cm³/mol. The number of anilines is 1. The summed E-state index contributed by atoms with van der Waals surface area (Å²) in [5.74, 6) is 2.32. The van der Waals surface area contributed by atoms with Crippen molar-refractivity contribution in [1.29, 1.82) is 0 Å². The number of aromatic nitrogens is 3. The maximum absolute atomic E-state index is 12.7. The molecule has 1 saturated heterocycles. The van der Waals surface area contributed by atoms with Crippen molar-refractivity contribution in [3.05, 3.63) is 42.6 Å². The summed E-state index contributed by atoms with van der Waals surface area (Å²) in [5.41, 5.74) is 0. The standard InChI is InChI=1S/C18H23N5O/c24-18(21-15-6-7-17-20-9-11-23(17)13-15)14-4-3-10-22(12-14)16-5-1-2-8-19-16/h1-2,5,8-9,11,14-15H,3-4,6-7,10,12-13H2,(H,21,24)/t14-,15+/m1/s1. The van der Waals surface area contributed by atoms with Crippen molar-refractivity contribution in [2.24, 2.45) is 5.92 Å². The second-order valence-electron chi connectivity index (χ2n) is 6.71. The van der Waals surface area contributed by atoms with E-state index in [-0.39, 0.29) is 17.9 Å². The van der Waals surface area contributed by atoms with Gasteiger partial charge < -0.3 is 14.8 Å². The number of carbonyl (C=O) groups excluding carboxylic acids is 1. The fraction of sp³-hybridized carbons (Fsp3) is 0.500. The fourth-order valence-electron chi connectivity index (χ4n) is 3.74. The molecule has 0 saturated carbocycles. The maximum Gasteiger partial charge on any atom is 0.225 e. The summed E-state index contributed by atoms with van der Waals surface area (Å²) in [7, 11) is 0. The molecule has 4 heterocycles. The molecule has 126 valence electrons. The van der Waals surface area contributed by atoms with Gasteiger partial charge in [-0.1, -0.05) is 6.07 Å². The lowest BCUT2D eigenvalue weighted by atomic mass is 9.96. The van der Waals surface area contributed by atoms with E-state index in [1.165, 1.54) is 0 Å². The molecule has 0 aromatic carbocycles. The summed E-state index contributed by atoms with van der Waals surface area (Å²) in [6, 6.07) is 6.15. The van der Waals surface area contributed by atoms with E-state index in [0.717, 1.165) is 57.0 Å². The Hall–Kier alpha value is -2.37. The second kappa shape index (κ2) is 6.63. The number of aryl methyl sites for hydroxylation is 1. The van der Waals surface area contributed by atoms with Crippen molar-refractivity contribution in [2.45, 2.75) is 38.3 Å². The molecule has 2 aliphatic rings. The number of hydrogen-bond donors (Lipinski definition) is 1. The Morgan fingerprint density at radius 2 is 2.12 bits per heavy atom. The lowest BCUT2D eigenvalue weighted by molar-refractivity contribution is -0.126. The highest BCUT2D eigenvalue weighted by atomic mass is 16.2. The van der Waals surface area contributed by atoms with Crippen LogP contribution in [0.4, 0.5) is 5.82 Å². The number of nitrogens with one attached hydrogen (secondary N) is 1. The lowest BCUT2D eigenvalue weighted by Gasteiger charge is -2.34. The van der Waals surface area contributed by atoms with Gasteiger partial charge in [0.2, 0.25) is 5.91 Å². The third-order valence-corrected chi connectivity index (χ3v) is 5.05. The monoisotopic (exact) mass is 325 g/mol. The molecule has 24 heavy (non-hydrogen) atoms. The molecule has 0 aliphatic carbocycles. The molecular formula is C18H23N5O. The summed E-state index contributed by atoms with van der Waals surface area (Å²) < 4.78 is 2.15. The molecule has 0 bridgehead atoms. The van der Waals surface area contributed by atoms with E-state index in [0.29, 0.717) is 0 Å². The van der Waals surface area contributed by atoms with E-state index < -0.39 is 0 Å². The van der Waals surface area contributed by atoms with Gasteiger partial charge in [-0.3, -0.25) is 4.79 Å². The minimum atomic E-state index is 0.0462. The molecule has 1 amide bonds. The molecule has 2 atom stereocenters. The van der Waals surface area contributed by atoms with Gasteiger partial charge in [0.25, 0.3) is 0 Å². The van der Waals surface area contributed by atoms with Crippen LogP contribution in [-0.4, -0.2) is 39.6 Å². The van der Waals surface area contributed by atoms with Gasteiger partial charge in [-0.2, -0.15) is 0 Å². The van der Waals surface area contributed by atoms with Crippen LogP contribution < -0.4 is 10.2 Å². The highest BCUT2D eigenvalue weighted by molar-refractivity contribution is 5.79. The van der Waals surface area contributed by atoms with Crippen LogP contribution >= 0.6 is 0 Å². The van der Waals surface area contributed by atoms with Crippen molar-refractivity contribution >= 4 is 11.7 Å². The van der Waals surface area contributed by atoms with Gasteiger partial charge in [0, 0.05) is 50.7 Å². The van der Waals surface area contributed by atoms with Crippen LogP contribution in [0.5, 0.6) is 0 Å². The van der Waals surface area contributed by atoms with E-state index in [1.807, 2.05) is 36.8 Å². The highest BCUT2D eigenvalue weighted by Gasteiger charge is 2.29. The number of hydrogen-bond acceptors (Lipinski definition) is 4. The minimum Gasteiger partial charge on any atom is -0.356 e. The maximum atomic E-state index is 12.7. The Morgan fingerprint density at radius 3 is 3.00 bits per heavy atom. The van der Waals surface area contributed by atoms with Crippen LogP contribution in [0.25, 0.3) is 0 Å². The lowest BCUT2D eigenvalue weighted by Crippen LogP contribution is -2.48. The summed E-state index contributed by atoms with van der Waals surface area (Å²) >= 11 is 0. The number of carbonyl (C=O) groups is 1. The SMILES string of the molecule is O=C(N[C@H]1CCc2nccn2C1)[C@@H]1CCCN(c2ccccn2)C1. The van der Waals surface area contributed by atoms with Crippen LogP contribution in [-0.2, 0) is 17.8 Å². The summed E-state index contributed by atoms with van der Waals surface area (Å²) in [6.45, 7) is 2.56. The molecule has 2 aromatic rings. The van der Waals surface area contributed by atoms with E-state index in [2.05, 4.69) is 24.8 Å². The van der Waals surface area contributed by atoms with Crippen LogP contribution in [0, 0.1) is 5.92 Å². The van der Waals surface area contributed by atoms with E-state index in [4.69, 9.17) is 0 Å². The molecule has 2 aromatic heterocycles. The van der Waals surface area contributed by atoms with Crippen LogP contribution in [0.3, 0.4) is 0 Å². The zero-order valence-electron chi connectivity index (χ0n) is 13.8. The van der Waals surface area contributed by atoms with Gasteiger partial charge in [0.15, 0.2) is 0 Å². The number of amides is 1. The smallest absolute Gasteiger partial charge is 0.225 e. The number of fused-ring (bicyclic) bond motifs is 1. The van der Waals surface area contributed by atoms with Crippen molar-refractivity contribution in [2.75, 3.05) is 18.0 Å². The minimum absolute atomic E-state index is 0.0462. The Labute approximate surface area is 141 Å². The van der Waals surface area contributed by atoms with Crippen molar-refractivity contribution in [1.82, 2.24) is 19.9 Å². The van der Waals surface area contributed by atoms with Gasteiger partial charge >= 0.3 is 0 Å². The van der Waals surface area contributed by atoms with Gasteiger partial charge in [0.1, 0.15) is 11.6 Å². The summed E-state index contributed by atoms with van der Waals surface area (Å²) in [6.07, 6.45) is 9.54. The molecule has 1 fully saturated rings. The molecule has 4 rings (SSSR count). The molecule has 2 aliphatic heterocycles. The Kier molecular flexibility index (Phi) is 4.19. The third-order valence-electron chi connectivity index (χ3n) is 5.05. The quantitative estimate of drug-likeness (QED) is 0.931. The van der Waals surface area contributed by atoms with E-state index in [1.54, 1.807) is 0 Å². The third kappa shape index (κ3) is 3.13. The molecule has 6 heteroatoms. The number of nitrogens with zero attached hydrogens (tertiary/aromatic N) is 4. The zero-order valence-corrected chi connectivity index (χ0v) is 13.8. The number of pyridine rings is 1. The van der Waals surface area contributed by atoms with Gasteiger partial charge in [0.05, 0.1) is 5.92 Å². The topological polar surface area (TPSA) is 63.1 Å². The fourth-order valence-corrected chi connectivity index (χ4v) is 3.74. The second-order valence-corrected chi connectivity index (χ2v) is 6.71. The highest BCUT2D eigenvalue weighted by Crippen LogP contribution is 2.22. The van der Waals surface area contributed by atoms with Crippen molar-refractivity contribution in [3.63, 3.8) is 0 Å². The number of rotatable bonds is 3. The molecule has 1 N–H and O–H groups in total. The molecule has 0 spiro atoms. The molecule has 6 nitrogen and oxygen atoms in total. The molecule has 0 unspecified atom stereocenters. The van der Waals surface area contributed by atoms with Crippen LogP contribution in [0.2, 0.25) is 0 Å². The van der Waals surface area contributed by atoms with Gasteiger partial charge in [-0.15, -0.1) is 0 Å². The Balaban J connectivity index is 1.36. The average molecular weight is 325 g/mol.